The Bertz CT molecular complexity index is 692. The first-order chi connectivity index (χ1) is 10.8. The molecule has 1 aromatic rings. The van der Waals surface area contributed by atoms with Gasteiger partial charge in [0, 0.05) is 0 Å². The van der Waals surface area contributed by atoms with Crippen LogP contribution in [0.25, 0.3) is 4.85 Å². The van der Waals surface area contributed by atoms with E-state index < -0.39 is 45.8 Å². The molecule has 0 aliphatic heterocycles. The number of hydrogen-bond acceptors (Lipinski definition) is 3. The first-order valence-electron chi connectivity index (χ1n) is 6.07. The minimum absolute atomic E-state index is 0.0242. The van der Waals surface area contributed by atoms with Crippen LogP contribution in [-0.2, 0) is 10.0 Å². The summed E-state index contributed by atoms with van der Waals surface area (Å²) in [7, 11) is -4.78. The molecular formula is C12H10F6N2O3S. The fourth-order valence-electron chi connectivity index (χ4n) is 1.82. The van der Waals surface area contributed by atoms with Gasteiger partial charge in [-0.3, -0.25) is 0 Å². The lowest BCUT2D eigenvalue weighted by Crippen LogP contribution is -2.54. The lowest BCUT2D eigenvalue weighted by molar-refractivity contribution is -0.292. The van der Waals surface area contributed by atoms with Crippen LogP contribution in [0.2, 0.25) is 0 Å². The quantitative estimate of drug-likeness (QED) is 0.613. The highest BCUT2D eigenvalue weighted by Crippen LogP contribution is 2.41. The molecule has 0 heterocycles. The van der Waals surface area contributed by atoms with E-state index in [0.717, 1.165) is 24.3 Å². The molecule has 0 bridgehead atoms. The van der Waals surface area contributed by atoms with E-state index >= 15 is 0 Å². The Hall–Kier alpha value is -1.84. The van der Waals surface area contributed by atoms with Gasteiger partial charge < -0.3 is 5.11 Å². The number of halogens is 6. The van der Waals surface area contributed by atoms with Crippen molar-refractivity contribution in [1.29, 1.82) is 0 Å². The number of aliphatic hydroxyl groups excluding tert-OH is 1. The van der Waals surface area contributed by atoms with Crippen molar-refractivity contribution in [2.24, 2.45) is 5.92 Å². The lowest BCUT2D eigenvalue weighted by atomic mass is 10.00. The van der Waals surface area contributed by atoms with Crippen molar-refractivity contribution >= 4 is 15.7 Å². The summed E-state index contributed by atoms with van der Waals surface area (Å²) >= 11 is 0. The summed E-state index contributed by atoms with van der Waals surface area (Å²) in [6.45, 7) is 4.96. The van der Waals surface area contributed by atoms with E-state index in [1.165, 1.54) is 4.72 Å². The zero-order valence-corrected chi connectivity index (χ0v) is 12.4. The smallest absolute Gasteiger partial charge is 0.395 e. The van der Waals surface area contributed by atoms with Crippen LogP contribution in [0.1, 0.15) is 0 Å². The number of hydrogen-bond donors (Lipinski definition) is 2. The molecule has 0 aliphatic rings. The van der Waals surface area contributed by atoms with Crippen molar-refractivity contribution in [2.45, 2.75) is 23.3 Å². The third-order valence-corrected chi connectivity index (χ3v) is 4.39. The van der Waals surface area contributed by atoms with Crippen LogP contribution in [0.15, 0.2) is 29.2 Å². The minimum Gasteiger partial charge on any atom is -0.395 e. The highest BCUT2D eigenvalue weighted by atomic mass is 32.2. The number of nitrogens with one attached hydrogen (secondary N) is 1. The first kappa shape index (κ1) is 20.2. The molecule has 0 spiro atoms. The van der Waals surface area contributed by atoms with Gasteiger partial charge in [-0.2, -0.15) is 26.3 Å². The third kappa shape index (κ3) is 4.83. The Kier molecular flexibility index (Phi) is 5.86. The molecule has 1 rings (SSSR count). The fourth-order valence-corrected chi connectivity index (χ4v) is 3.06. The van der Waals surface area contributed by atoms with Crippen LogP contribution in [0.3, 0.4) is 0 Å². The van der Waals surface area contributed by atoms with E-state index in [-0.39, 0.29) is 5.69 Å². The summed E-state index contributed by atoms with van der Waals surface area (Å²) in [6.07, 6.45) is -11.6. The van der Waals surface area contributed by atoms with E-state index in [0.29, 0.717) is 0 Å². The third-order valence-electron chi connectivity index (χ3n) is 2.89. The normalized spacial score (nSPS) is 14.5. The largest absolute Gasteiger partial charge is 0.402 e. The second kappa shape index (κ2) is 6.96. The van der Waals surface area contributed by atoms with E-state index in [1.807, 2.05) is 0 Å². The summed E-state index contributed by atoms with van der Waals surface area (Å²) in [5.41, 5.74) is 0.0242. The van der Waals surface area contributed by atoms with Gasteiger partial charge >= 0.3 is 12.4 Å². The predicted octanol–water partition coefficient (Wildman–Crippen LogP) is 2.62. The molecule has 134 valence electrons. The molecule has 2 N–H and O–H groups in total. The molecule has 5 nitrogen and oxygen atoms in total. The van der Waals surface area contributed by atoms with Gasteiger partial charge in [0.25, 0.3) is 0 Å². The minimum atomic E-state index is -5.82. The maximum absolute atomic E-state index is 12.6. The number of benzene rings is 1. The number of rotatable bonds is 5. The van der Waals surface area contributed by atoms with Crippen molar-refractivity contribution in [3.05, 3.63) is 35.7 Å². The average Bonchev–Trinajstić information content (AvgIpc) is 2.43. The molecule has 12 heteroatoms. The number of sulfonamides is 1. The summed E-state index contributed by atoms with van der Waals surface area (Å²) in [6, 6.07) is 0.900. The summed E-state index contributed by atoms with van der Waals surface area (Å²) in [5, 5.41) is 8.85. The van der Waals surface area contributed by atoms with Gasteiger partial charge in [0.1, 0.15) is 0 Å². The summed E-state index contributed by atoms with van der Waals surface area (Å²) < 4.78 is 101. The first-order valence-corrected chi connectivity index (χ1v) is 7.55. The van der Waals surface area contributed by atoms with Gasteiger partial charge in [-0.25, -0.2) is 18.0 Å². The molecule has 0 radical (unpaired) electrons. The second-order valence-electron chi connectivity index (χ2n) is 4.58. The summed E-state index contributed by atoms with van der Waals surface area (Å²) in [5.74, 6) is -4.08. The standard InChI is InChI=1S/C12H10F6N2O3S/c1-19-7-2-4-8(5-3-7)24(22,23)20-9(6-21)10(11(13,14)15)12(16,17)18/h2-5,9-10,20-21H,6H2. The molecule has 1 aromatic carbocycles. The van der Waals surface area contributed by atoms with Crippen LogP contribution in [0.4, 0.5) is 32.0 Å². The van der Waals surface area contributed by atoms with E-state index in [9.17, 15) is 34.8 Å². The molecule has 0 aliphatic carbocycles. The maximum Gasteiger partial charge on any atom is 0.402 e. The molecule has 1 atom stereocenters. The monoisotopic (exact) mass is 376 g/mol. The molecule has 1 unspecified atom stereocenters. The molecule has 0 saturated carbocycles. The Morgan fingerprint density at radius 3 is 1.88 bits per heavy atom. The maximum atomic E-state index is 12.6. The van der Waals surface area contributed by atoms with Crippen LogP contribution < -0.4 is 4.72 Å². The van der Waals surface area contributed by atoms with Crippen molar-refractivity contribution in [2.75, 3.05) is 6.61 Å². The van der Waals surface area contributed by atoms with Crippen LogP contribution in [0, 0.1) is 12.5 Å². The Morgan fingerprint density at radius 2 is 1.54 bits per heavy atom. The van der Waals surface area contributed by atoms with Gasteiger partial charge in [-0.05, 0) is 0 Å². The van der Waals surface area contributed by atoms with E-state index in [2.05, 4.69) is 4.85 Å². The number of nitrogens with zero attached hydrogens (tertiary/aromatic N) is 1. The van der Waals surface area contributed by atoms with Gasteiger partial charge in [0.2, 0.25) is 10.0 Å². The SMILES string of the molecule is [C-]#[N+]c1ccc(S(=O)(=O)NC(CO)C(C(F)(F)F)C(F)(F)F)cc1. The Labute approximate surface area is 132 Å². The topological polar surface area (TPSA) is 70.8 Å². The number of alkyl halides is 6. The van der Waals surface area contributed by atoms with Gasteiger partial charge in [0.05, 0.1) is 24.1 Å². The molecule has 0 fully saturated rings. The van der Waals surface area contributed by atoms with Crippen molar-refractivity contribution in [1.82, 2.24) is 4.72 Å². The van der Waals surface area contributed by atoms with Crippen LogP contribution in [-0.4, -0.2) is 38.5 Å². The highest BCUT2D eigenvalue weighted by molar-refractivity contribution is 7.89. The van der Waals surface area contributed by atoms with Gasteiger partial charge in [-0.15, -0.1) is 0 Å². The number of aliphatic hydroxyl groups is 1. The van der Waals surface area contributed by atoms with Crippen molar-refractivity contribution < 1.29 is 39.9 Å². The van der Waals surface area contributed by atoms with Gasteiger partial charge in [0.15, 0.2) is 11.6 Å². The second-order valence-corrected chi connectivity index (χ2v) is 6.29. The van der Waals surface area contributed by atoms with Crippen molar-refractivity contribution in [3.8, 4) is 0 Å². The predicted molar refractivity (Wildman–Crippen MR) is 69.5 cm³/mol. The van der Waals surface area contributed by atoms with E-state index in [1.54, 1.807) is 0 Å². The molecular weight excluding hydrogens is 366 g/mol. The molecule has 0 saturated heterocycles. The van der Waals surface area contributed by atoms with Crippen LogP contribution in [0.5, 0.6) is 0 Å². The highest BCUT2D eigenvalue weighted by Gasteiger charge is 2.60. The zero-order valence-electron chi connectivity index (χ0n) is 11.6. The van der Waals surface area contributed by atoms with Gasteiger partial charge in [-0.1, -0.05) is 24.3 Å². The zero-order chi connectivity index (χ0) is 18.8. The molecule has 0 amide bonds. The molecule has 24 heavy (non-hydrogen) atoms. The van der Waals surface area contributed by atoms with Crippen LogP contribution >= 0.6 is 0 Å². The Balaban J connectivity index is 3.19. The summed E-state index contributed by atoms with van der Waals surface area (Å²) in [4.78, 5) is 2.32. The fraction of sp³-hybridized carbons (Fsp3) is 0.417. The van der Waals surface area contributed by atoms with E-state index in [4.69, 9.17) is 11.7 Å². The Morgan fingerprint density at radius 1 is 1.08 bits per heavy atom. The lowest BCUT2D eigenvalue weighted by Gasteiger charge is -2.29. The molecule has 0 aromatic heterocycles. The average molecular weight is 376 g/mol. The van der Waals surface area contributed by atoms with Crippen molar-refractivity contribution in [3.63, 3.8) is 0 Å².